The number of halogens is 1. The van der Waals surface area contributed by atoms with Crippen molar-refractivity contribution in [3.05, 3.63) is 67.8 Å². The molecule has 1 aliphatic heterocycles. The van der Waals surface area contributed by atoms with Gasteiger partial charge in [0.2, 0.25) is 0 Å². The minimum Gasteiger partial charge on any atom is -0.451 e. The number of thiophene rings is 2. The normalized spacial score (nSPS) is 13.4. The molecule has 5 rings (SSSR count). The maximum absolute atomic E-state index is 12.6. The van der Waals surface area contributed by atoms with Gasteiger partial charge >= 0.3 is 5.97 Å². The molecule has 6 nitrogen and oxygen atoms in total. The number of ether oxygens (including phenoxy) is 1. The minimum absolute atomic E-state index is 0.171. The Morgan fingerprint density at radius 1 is 1.23 bits per heavy atom. The monoisotopic (exact) mass is 471 g/mol. The molecule has 0 spiro atoms. The second-order valence-corrected chi connectivity index (χ2v) is 9.78. The van der Waals surface area contributed by atoms with E-state index in [1.54, 1.807) is 39.1 Å². The van der Waals surface area contributed by atoms with Crippen LogP contribution in [0.2, 0.25) is 5.02 Å². The summed E-state index contributed by atoms with van der Waals surface area (Å²) in [5.41, 5.74) is 2.86. The first-order valence-electron chi connectivity index (χ1n) is 9.75. The Bertz CT molecular complexity index is 1290. The zero-order chi connectivity index (χ0) is 21.5. The Morgan fingerprint density at radius 3 is 2.84 bits per heavy atom. The number of aromatic nitrogens is 2. The van der Waals surface area contributed by atoms with Crippen molar-refractivity contribution in [3.8, 4) is 5.69 Å². The molecule has 0 saturated carbocycles. The van der Waals surface area contributed by atoms with Gasteiger partial charge in [-0.05, 0) is 60.7 Å². The molecule has 0 bridgehead atoms. The number of carbonyl (C=O) groups is 2. The molecule has 9 heteroatoms. The van der Waals surface area contributed by atoms with Gasteiger partial charge in [0.15, 0.2) is 6.61 Å². The summed E-state index contributed by atoms with van der Waals surface area (Å²) in [5.74, 6) is -0.667. The quantitative estimate of drug-likeness (QED) is 0.399. The summed E-state index contributed by atoms with van der Waals surface area (Å²) in [6, 6.07) is 11.2. The van der Waals surface area contributed by atoms with Gasteiger partial charge in [0.05, 0.1) is 11.4 Å². The van der Waals surface area contributed by atoms with Crippen LogP contribution >= 0.6 is 34.3 Å². The summed E-state index contributed by atoms with van der Waals surface area (Å²) in [7, 11) is 0. The lowest BCUT2D eigenvalue weighted by Gasteiger charge is -2.26. The minimum atomic E-state index is -0.496. The fraction of sp³-hybridized carbons (Fsp3) is 0.227. The van der Waals surface area contributed by atoms with Crippen molar-refractivity contribution < 1.29 is 14.3 Å². The molecule has 0 N–H and O–H groups in total. The van der Waals surface area contributed by atoms with Crippen molar-refractivity contribution in [3.63, 3.8) is 0 Å². The molecule has 1 aliphatic rings. The van der Waals surface area contributed by atoms with Crippen LogP contribution in [0.1, 0.15) is 25.8 Å². The van der Waals surface area contributed by atoms with Gasteiger partial charge in [0.1, 0.15) is 9.71 Å². The van der Waals surface area contributed by atoms with Gasteiger partial charge in [-0.2, -0.15) is 5.10 Å². The number of carbonyl (C=O) groups excluding carboxylic acids is 2. The van der Waals surface area contributed by atoms with Crippen molar-refractivity contribution >= 4 is 56.4 Å². The Balaban J connectivity index is 1.29. The number of nitrogens with zero attached hydrogens (tertiary/aromatic N) is 3. The second-order valence-electron chi connectivity index (χ2n) is 7.31. The smallest absolute Gasteiger partial charge is 0.348 e. The second kappa shape index (κ2) is 8.11. The number of rotatable bonds is 4. The molecule has 0 unspecified atom stereocenters. The highest BCUT2D eigenvalue weighted by molar-refractivity contribution is 7.20. The molecule has 0 fully saturated rings. The molecule has 158 valence electrons. The van der Waals surface area contributed by atoms with Crippen LogP contribution in [-0.2, 0) is 22.5 Å². The van der Waals surface area contributed by atoms with Crippen molar-refractivity contribution in [2.24, 2.45) is 0 Å². The average Bonchev–Trinajstić information content (AvgIpc) is 3.48. The van der Waals surface area contributed by atoms with Crippen LogP contribution in [0.4, 0.5) is 0 Å². The summed E-state index contributed by atoms with van der Waals surface area (Å²) >= 11 is 9.01. The van der Waals surface area contributed by atoms with Crippen LogP contribution < -0.4 is 0 Å². The zero-order valence-corrected chi connectivity index (χ0v) is 19.0. The number of aryl methyl sites for hydroxylation is 1. The van der Waals surface area contributed by atoms with E-state index in [0.29, 0.717) is 23.0 Å². The van der Waals surface area contributed by atoms with Crippen molar-refractivity contribution in [1.29, 1.82) is 0 Å². The number of hydrogen-bond donors (Lipinski definition) is 0. The van der Waals surface area contributed by atoms with Gasteiger partial charge in [0.25, 0.3) is 5.91 Å². The largest absolute Gasteiger partial charge is 0.451 e. The van der Waals surface area contributed by atoms with Gasteiger partial charge in [0, 0.05) is 28.4 Å². The topological polar surface area (TPSA) is 64.4 Å². The molecular weight excluding hydrogens is 454 g/mol. The van der Waals surface area contributed by atoms with E-state index in [0.717, 1.165) is 28.0 Å². The van der Waals surface area contributed by atoms with Crippen molar-refractivity contribution in [1.82, 2.24) is 14.7 Å². The van der Waals surface area contributed by atoms with Crippen LogP contribution in [0, 0.1) is 6.92 Å². The fourth-order valence-electron chi connectivity index (χ4n) is 3.66. The Labute approximate surface area is 191 Å². The molecule has 0 aliphatic carbocycles. The van der Waals surface area contributed by atoms with Crippen LogP contribution in [0.25, 0.3) is 15.9 Å². The Hall–Kier alpha value is -2.68. The predicted molar refractivity (Wildman–Crippen MR) is 122 cm³/mol. The molecule has 4 aromatic rings. The number of esters is 1. The molecule has 0 saturated heterocycles. The highest BCUT2D eigenvalue weighted by Crippen LogP contribution is 2.31. The summed E-state index contributed by atoms with van der Waals surface area (Å²) < 4.78 is 7.14. The van der Waals surface area contributed by atoms with E-state index in [2.05, 4.69) is 11.2 Å². The maximum Gasteiger partial charge on any atom is 0.348 e. The van der Waals surface area contributed by atoms with E-state index in [1.807, 2.05) is 24.4 Å². The fourth-order valence-corrected chi connectivity index (χ4v) is 5.75. The molecule has 1 amide bonds. The van der Waals surface area contributed by atoms with Gasteiger partial charge in [-0.15, -0.1) is 22.7 Å². The molecule has 0 radical (unpaired) electrons. The molecule has 1 aromatic carbocycles. The Kier molecular flexibility index (Phi) is 5.29. The molecule has 31 heavy (non-hydrogen) atoms. The summed E-state index contributed by atoms with van der Waals surface area (Å²) in [5, 5.41) is 8.15. The van der Waals surface area contributed by atoms with Crippen LogP contribution in [0.3, 0.4) is 0 Å². The van der Waals surface area contributed by atoms with Crippen LogP contribution in [0.5, 0.6) is 0 Å². The van der Waals surface area contributed by atoms with Crippen molar-refractivity contribution in [2.75, 3.05) is 13.2 Å². The third kappa shape index (κ3) is 3.86. The van der Waals surface area contributed by atoms with E-state index >= 15 is 0 Å². The highest BCUT2D eigenvalue weighted by atomic mass is 35.5. The lowest BCUT2D eigenvalue weighted by Crippen LogP contribution is -2.38. The summed E-state index contributed by atoms with van der Waals surface area (Å²) in [6.07, 6.45) is 0.851. The van der Waals surface area contributed by atoms with E-state index in [-0.39, 0.29) is 12.5 Å². The summed E-state index contributed by atoms with van der Waals surface area (Å²) in [4.78, 5) is 29.5. The van der Waals surface area contributed by atoms with Gasteiger partial charge < -0.3 is 9.64 Å². The van der Waals surface area contributed by atoms with E-state index in [1.165, 1.54) is 21.8 Å². The van der Waals surface area contributed by atoms with Crippen LogP contribution in [-0.4, -0.2) is 39.7 Å². The first kappa shape index (κ1) is 20.2. The number of benzene rings is 1. The first-order chi connectivity index (χ1) is 15.0. The standard InChI is InChI=1S/C22H18ClN3O3S2/c1-13-17-10-19(31-21(17)26(24-13)16-4-2-15(23)3-5-16)22(28)29-12-20(27)25-8-6-18-14(11-25)7-9-30-18/h2-5,7,9-10H,6,8,11-12H2,1H3. The molecule has 3 aromatic heterocycles. The third-order valence-corrected chi connectivity index (χ3v) is 7.67. The molecule has 4 heterocycles. The molecular formula is C22H18ClN3O3S2. The van der Waals surface area contributed by atoms with Crippen LogP contribution in [0.15, 0.2) is 41.8 Å². The van der Waals surface area contributed by atoms with E-state index < -0.39 is 5.97 Å². The SMILES string of the molecule is Cc1nn(-c2ccc(Cl)cc2)c2sc(C(=O)OCC(=O)N3CCc4sccc4C3)cc12. The van der Waals surface area contributed by atoms with E-state index in [4.69, 9.17) is 16.3 Å². The lowest BCUT2D eigenvalue weighted by atomic mass is 10.1. The van der Waals surface area contributed by atoms with Gasteiger partial charge in [-0.1, -0.05) is 11.6 Å². The number of amides is 1. The summed E-state index contributed by atoms with van der Waals surface area (Å²) in [6.45, 7) is 2.88. The molecule has 0 atom stereocenters. The third-order valence-electron chi connectivity index (χ3n) is 5.30. The van der Waals surface area contributed by atoms with Gasteiger partial charge in [-0.25, -0.2) is 9.48 Å². The highest BCUT2D eigenvalue weighted by Gasteiger charge is 2.24. The zero-order valence-electron chi connectivity index (χ0n) is 16.6. The van der Waals surface area contributed by atoms with Crippen molar-refractivity contribution in [2.45, 2.75) is 19.9 Å². The number of hydrogen-bond acceptors (Lipinski definition) is 6. The average molecular weight is 472 g/mol. The van der Waals surface area contributed by atoms with Gasteiger partial charge in [-0.3, -0.25) is 4.79 Å². The lowest BCUT2D eigenvalue weighted by molar-refractivity contribution is -0.135. The first-order valence-corrected chi connectivity index (χ1v) is 11.8. The Morgan fingerprint density at radius 2 is 2.03 bits per heavy atom. The predicted octanol–water partition coefficient (Wildman–Crippen LogP) is 4.85. The maximum atomic E-state index is 12.6. The van der Waals surface area contributed by atoms with E-state index in [9.17, 15) is 9.59 Å². The number of fused-ring (bicyclic) bond motifs is 2.